The summed E-state index contributed by atoms with van der Waals surface area (Å²) in [5, 5.41) is -0.577. The van der Waals surface area contributed by atoms with Gasteiger partial charge in [0.2, 0.25) is 0 Å². The van der Waals surface area contributed by atoms with Gasteiger partial charge in [-0.25, -0.2) is 0 Å². The van der Waals surface area contributed by atoms with Crippen LogP contribution < -0.4 is 9.80 Å². The van der Waals surface area contributed by atoms with Crippen LogP contribution in [0.3, 0.4) is 0 Å². The number of rotatable bonds is 10. The maximum Gasteiger partial charge on any atom is 0.0661 e. The fourth-order valence-corrected chi connectivity index (χ4v) is 9.11. The van der Waals surface area contributed by atoms with Crippen molar-refractivity contribution >= 4 is 57.3 Å². The van der Waals surface area contributed by atoms with E-state index >= 15 is 0 Å². The summed E-state index contributed by atoms with van der Waals surface area (Å²) in [4.78, 5) is 3.67. The lowest BCUT2D eigenvalue weighted by Gasteiger charge is -2.36. The van der Waals surface area contributed by atoms with Crippen molar-refractivity contribution in [2.45, 2.75) is 78.6 Å². The molecule has 350 valence electrons. The molecule has 9 aromatic carbocycles. The SMILES string of the molecule is [2H]c1c([2H])c(Cl)c([2H])c(N(c2cc(N(c3c(-c4ccccc4)cc(C(C)(C)C)cc3-c3ccccc3)c3c([2H])c([2H])c([2H])c(Cl)c3[2H])cc(C(C)(C)C)c2)c2c(-c3ccccc3)cc(C(C)(C)C)cc2-c2ccccc2)c1[2H]. The molecule has 0 unspecified atom stereocenters. The molecule has 0 aromatic heterocycles. The van der Waals surface area contributed by atoms with Crippen LogP contribution in [0.2, 0.25) is 10.0 Å². The number of anilines is 6. The van der Waals surface area contributed by atoms with Gasteiger partial charge in [-0.1, -0.05) is 219 Å². The van der Waals surface area contributed by atoms with Crippen molar-refractivity contribution in [3.8, 4) is 44.5 Å². The molecule has 0 heterocycles. The molecular weight excluding hydrogens is 892 g/mol. The van der Waals surface area contributed by atoms with Gasteiger partial charge in [-0.05, 0) is 134 Å². The standard InChI is InChI=1S/C66H62Cl2N2/c1-64(2,3)49-36-56(69(54-34-22-32-52(67)42-54)62-58(45-24-14-10-15-25-45)38-50(65(4,5)6)39-59(62)46-26-16-11-17-27-46)44-57(37-49)70(55-35-23-33-53(68)43-55)63-60(47-28-18-12-19-29-47)40-51(66(7,8)9)41-61(63)48-30-20-13-21-31-48/h10-44H,1-9H3/i22D,23D,32D,33D,34D,35D,42D,43D. The zero-order valence-electron chi connectivity index (χ0n) is 49.2. The second kappa shape index (κ2) is 19.5. The molecule has 9 rings (SSSR count). The molecule has 0 fully saturated rings. The molecule has 0 saturated heterocycles. The largest absolute Gasteiger partial charge is 0.309 e. The van der Waals surface area contributed by atoms with Gasteiger partial charge in [0.15, 0.2) is 0 Å². The van der Waals surface area contributed by atoms with Gasteiger partial charge >= 0.3 is 0 Å². The summed E-state index contributed by atoms with van der Waals surface area (Å²) < 4.78 is 75.9. The highest BCUT2D eigenvalue weighted by atomic mass is 35.5. The fourth-order valence-electron chi connectivity index (χ4n) is 8.84. The Bertz CT molecular complexity index is 3320. The van der Waals surface area contributed by atoms with Crippen molar-refractivity contribution in [2.75, 3.05) is 9.80 Å². The first-order valence-electron chi connectivity index (χ1n) is 27.7. The van der Waals surface area contributed by atoms with Crippen molar-refractivity contribution in [1.82, 2.24) is 0 Å². The first kappa shape index (κ1) is 38.9. The van der Waals surface area contributed by atoms with Crippen molar-refractivity contribution in [2.24, 2.45) is 0 Å². The lowest BCUT2D eigenvalue weighted by atomic mass is 9.81. The molecule has 0 aliphatic carbocycles. The maximum atomic E-state index is 9.91. The summed E-state index contributed by atoms with van der Waals surface area (Å²) in [6, 6.07) is 51.0. The van der Waals surface area contributed by atoms with E-state index in [4.69, 9.17) is 25.9 Å². The van der Waals surface area contributed by atoms with Crippen LogP contribution in [0.25, 0.3) is 44.5 Å². The third-order valence-electron chi connectivity index (χ3n) is 12.6. The highest BCUT2D eigenvalue weighted by Gasteiger charge is 2.31. The molecule has 0 atom stereocenters. The van der Waals surface area contributed by atoms with Crippen molar-refractivity contribution in [1.29, 1.82) is 0 Å². The zero-order chi connectivity index (χ0) is 56.3. The van der Waals surface area contributed by atoms with Crippen LogP contribution in [0, 0.1) is 0 Å². The quantitative estimate of drug-likeness (QED) is 0.135. The number of nitrogens with zero attached hydrogens (tertiary/aromatic N) is 2. The van der Waals surface area contributed by atoms with Gasteiger partial charge in [0.25, 0.3) is 0 Å². The number of hydrogen-bond acceptors (Lipinski definition) is 2. The predicted molar refractivity (Wildman–Crippen MR) is 304 cm³/mol. The van der Waals surface area contributed by atoms with Crippen LogP contribution in [-0.2, 0) is 16.2 Å². The first-order valence-corrected chi connectivity index (χ1v) is 24.4. The number of benzene rings is 9. The van der Waals surface area contributed by atoms with E-state index in [1.807, 2.05) is 149 Å². The van der Waals surface area contributed by atoms with Gasteiger partial charge in [-0.2, -0.15) is 0 Å². The number of hydrogen-bond donors (Lipinski definition) is 0. The Morgan fingerprint density at radius 3 is 0.886 bits per heavy atom. The van der Waals surface area contributed by atoms with E-state index in [9.17, 15) is 8.22 Å². The summed E-state index contributed by atoms with van der Waals surface area (Å²) in [6.45, 7) is 19.2. The minimum atomic E-state index is -0.628. The predicted octanol–water partition coefficient (Wildman–Crippen LogP) is 20.5. The van der Waals surface area contributed by atoms with Crippen LogP contribution >= 0.6 is 23.2 Å². The molecule has 0 spiro atoms. The van der Waals surface area contributed by atoms with Crippen LogP contribution in [0.15, 0.2) is 212 Å². The van der Waals surface area contributed by atoms with Gasteiger partial charge in [-0.3, -0.25) is 0 Å². The van der Waals surface area contributed by atoms with Crippen molar-refractivity contribution in [3.63, 3.8) is 0 Å². The normalized spacial score (nSPS) is 13.5. The third-order valence-corrected chi connectivity index (χ3v) is 13.0. The highest BCUT2D eigenvalue weighted by Crippen LogP contribution is 2.53. The van der Waals surface area contributed by atoms with E-state index in [1.165, 1.54) is 0 Å². The molecule has 0 bridgehead atoms. The molecule has 0 N–H and O–H groups in total. The molecule has 2 nitrogen and oxygen atoms in total. The average Bonchev–Trinajstić information content (AvgIpc) is 3.63. The Balaban J connectivity index is 1.56. The van der Waals surface area contributed by atoms with Gasteiger partial charge in [-0.15, -0.1) is 0 Å². The second-order valence-electron chi connectivity index (χ2n) is 20.8. The summed E-state index contributed by atoms with van der Waals surface area (Å²) in [5.41, 5.74) is 9.77. The fraction of sp³-hybridized carbons (Fsp3) is 0.182. The molecule has 0 aliphatic rings. The molecular formula is C66H62Cl2N2. The molecule has 0 radical (unpaired) electrons. The van der Waals surface area contributed by atoms with Crippen LogP contribution in [0.5, 0.6) is 0 Å². The van der Waals surface area contributed by atoms with Crippen LogP contribution in [0.4, 0.5) is 34.1 Å². The van der Waals surface area contributed by atoms with E-state index in [2.05, 4.69) is 86.6 Å². The molecule has 9 aromatic rings. The monoisotopic (exact) mass is 960 g/mol. The molecule has 70 heavy (non-hydrogen) atoms. The van der Waals surface area contributed by atoms with E-state index in [1.54, 1.807) is 0 Å². The minimum Gasteiger partial charge on any atom is -0.309 e. The minimum absolute atomic E-state index is 0.0377. The highest BCUT2D eigenvalue weighted by molar-refractivity contribution is 6.31. The van der Waals surface area contributed by atoms with E-state index in [0.29, 0.717) is 22.7 Å². The van der Waals surface area contributed by atoms with E-state index in [0.717, 1.165) is 61.2 Å². The zero-order valence-corrected chi connectivity index (χ0v) is 42.8. The molecule has 4 heteroatoms. The number of halogens is 2. The van der Waals surface area contributed by atoms with Gasteiger partial charge in [0.1, 0.15) is 0 Å². The molecule has 0 aliphatic heterocycles. The van der Waals surface area contributed by atoms with Crippen molar-refractivity contribution in [3.05, 3.63) is 239 Å². The van der Waals surface area contributed by atoms with E-state index < -0.39 is 29.6 Å². The Morgan fingerprint density at radius 1 is 0.343 bits per heavy atom. The molecule has 0 amide bonds. The Hall–Kier alpha value is -6.84. The Labute approximate surface area is 438 Å². The van der Waals surface area contributed by atoms with Crippen LogP contribution in [0.1, 0.15) is 90.0 Å². The topological polar surface area (TPSA) is 6.48 Å². The lowest BCUT2D eigenvalue weighted by molar-refractivity contribution is 0.590. The average molecular weight is 962 g/mol. The summed E-state index contributed by atoms with van der Waals surface area (Å²) >= 11 is 14.0. The van der Waals surface area contributed by atoms with Crippen LogP contribution in [-0.4, -0.2) is 0 Å². The Kier molecular flexibility index (Phi) is 10.9. The van der Waals surface area contributed by atoms with Gasteiger partial charge in [0.05, 0.1) is 22.3 Å². The first-order chi connectivity index (χ1) is 36.8. The maximum absolute atomic E-state index is 9.91. The summed E-state index contributed by atoms with van der Waals surface area (Å²) in [5.74, 6) is 0. The molecule has 0 saturated carbocycles. The summed E-state index contributed by atoms with van der Waals surface area (Å²) in [6.07, 6.45) is 0. The second-order valence-corrected chi connectivity index (χ2v) is 21.5. The Morgan fingerprint density at radius 2 is 0.614 bits per heavy atom. The lowest BCUT2D eigenvalue weighted by Crippen LogP contribution is -2.20. The van der Waals surface area contributed by atoms with Gasteiger partial charge < -0.3 is 9.80 Å². The smallest absolute Gasteiger partial charge is 0.0661 e. The van der Waals surface area contributed by atoms with Gasteiger partial charge in [0, 0.05) is 55.0 Å². The van der Waals surface area contributed by atoms with E-state index in [-0.39, 0.29) is 56.4 Å². The summed E-state index contributed by atoms with van der Waals surface area (Å²) in [7, 11) is 0. The third kappa shape index (κ3) is 10.2. The van der Waals surface area contributed by atoms with Crippen molar-refractivity contribution < 1.29 is 11.0 Å².